The van der Waals surface area contributed by atoms with Crippen LogP contribution in [-0.2, 0) is 0 Å². The molecule has 3 aromatic rings. The second-order valence-corrected chi connectivity index (χ2v) is 4.87. The zero-order valence-corrected chi connectivity index (χ0v) is 10.6. The normalized spacial score (nSPS) is 12.8. The summed E-state index contributed by atoms with van der Waals surface area (Å²) < 4.78 is 3.85. The highest BCUT2D eigenvalue weighted by atomic mass is 32.1. The van der Waals surface area contributed by atoms with Crippen molar-refractivity contribution in [3.63, 3.8) is 0 Å². The number of aliphatic hydroxyl groups is 1. The summed E-state index contributed by atoms with van der Waals surface area (Å²) in [5.41, 5.74) is 2.54. The first-order chi connectivity index (χ1) is 8.75. The highest BCUT2D eigenvalue weighted by Crippen LogP contribution is 2.28. The number of rotatable bonds is 2. The SMILES string of the molecule is Cc1nnsc1C(O)c1ccc2ncccc2c1. The third-order valence-corrected chi connectivity index (χ3v) is 3.76. The fourth-order valence-corrected chi connectivity index (χ4v) is 2.56. The molecule has 0 fully saturated rings. The zero-order valence-electron chi connectivity index (χ0n) is 9.74. The number of nitrogens with zero attached hydrogens (tertiary/aromatic N) is 3. The van der Waals surface area contributed by atoms with Gasteiger partial charge in [0.05, 0.1) is 16.1 Å². The molecule has 2 aromatic heterocycles. The van der Waals surface area contributed by atoms with Crippen molar-refractivity contribution in [2.45, 2.75) is 13.0 Å². The van der Waals surface area contributed by atoms with E-state index in [0.717, 1.165) is 27.0 Å². The van der Waals surface area contributed by atoms with Gasteiger partial charge in [-0.05, 0) is 42.2 Å². The first-order valence-corrected chi connectivity index (χ1v) is 6.34. The lowest BCUT2D eigenvalue weighted by Gasteiger charge is -2.09. The molecular weight excluding hydrogens is 246 g/mol. The minimum Gasteiger partial charge on any atom is -0.383 e. The summed E-state index contributed by atoms with van der Waals surface area (Å²) in [6, 6.07) is 9.62. The van der Waals surface area contributed by atoms with Gasteiger partial charge in [0.1, 0.15) is 6.10 Å². The number of aromatic nitrogens is 3. The minimum atomic E-state index is -0.672. The second kappa shape index (κ2) is 4.44. The smallest absolute Gasteiger partial charge is 0.117 e. The van der Waals surface area contributed by atoms with Crippen LogP contribution in [0.4, 0.5) is 0 Å². The molecule has 18 heavy (non-hydrogen) atoms. The van der Waals surface area contributed by atoms with Gasteiger partial charge < -0.3 is 5.11 Å². The Hall–Kier alpha value is -1.85. The number of aryl methyl sites for hydroxylation is 1. The van der Waals surface area contributed by atoms with Crippen LogP contribution in [0.15, 0.2) is 36.5 Å². The Kier molecular flexibility index (Phi) is 2.77. The first kappa shape index (κ1) is 11.3. The van der Waals surface area contributed by atoms with Crippen LogP contribution in [0.2, 0.25) is 0 Å². The van der Waals surface area contributed by atoms with Crippen LogP contribution in [0.3, 0.4) is 0 Å². The van der Waals surface area contributed by atoms with E-state index in [-0.39, 0.29) is 0 Å². The van der Waals surface area contributed by atoms with Gasteiger partial charge in [-0.2, -0.15) is 0 Å². The second-order valence-electron chi connectivity index (χ2n) is 4.08. The number of aliphatic hydroxyl groups excluding tert-OH is 1. The molecule has 0 aliphatic carbocycles. The summed E-state index contributed by atoms with van der Waals surface area (Å²) in [5.74, 6) is 0. The summed E-state index contributed by atoms with van der Waals surface area (Å²) in [4.78, 5) is 5.05. The van der Waals surface area contributed by atoms with Gasteiger partial charge in [0.2, 0.25) is 0 Å². The average molecular weight is 257 g/mol. The van der Waals surface area contributed by atoms with Gasteiger partial charge >= 0.3 is 0 Å². The largest absolute Gasteiger partial charge is 0.383 e. The molecule has 0 spiro atoms. The molecule has 1 N–H and O–H groups in total. The number of hydrogen-bond donors (Lipinski definition) is 1. The van der Waals surface area contributed by atoms with E-state index in [1.165, 1.54) is 11.5 Å². The molecule has 5 heteroatoms. The summed E-state index contributed by atoms with van der Waals surface area (Å²) >= 11 is 1.23. The molecule has 90 valence electrons. The molecule has 2 heterocycles. The van der Waals surface area contributed by atoms with Crippen LogP contribution in [0.5, 0.6) is 0 Å². The molecule has 0 aliphatic rings. The van der Waals surface area contributed by atoms with Crippen molar-refractivity contribution in [2.24, 2.45) is 0 Å². The van der Waals surface area contributed by atoms with Gasteiger partial charge in [0.25, 0.3) is 0 Å². The summed E-state index contributed by atoms with van der Waals surface area (Å²) in [6.07, 6.45) is 1.09. The van der Waals surface area contributed by atoms with Crippen molar-refractivity contribution in [3.8, 4) is 0 Å². The van der Waals surface area contributed by atoms with E-state index in [4.69, 9.17) is 0 Å². The van der Waals surface area contributed by atoms with Crippen LogP contribution < -0.4 is 0 Å². The van der Waals surface area contributed by atoms with Crippen molar-refractivity contribution in [1.82, 2.24) is 14.6 Å². The molecular formula is C13H11N3OS. The van der Waals surface area contributed by atoms with Gasteiger partial charge in [-0.3, -0.25) is 4.98 Å². The van der Waals surface area contributed by atoms with E-state index in [9.17, 15) is 5.11 Å². The van der Waals surface area contributed by atoms with Crippen molar-refractivity contribution < 1.29 is 5.11 Å². The predicted molar refractivity (Wildman–Crippen MR) is 70.5 cm³/mol. The van der Waals surface area contributed by atoms with E-state index in [1.807, 2.05) is 37.3 Å². The molecule has 0 amide bonds. The maximum atomic E-state index is 10.3. The molecule has 0 aliphatic heterocycles. The maximum Gasteiger partial charge on any atom is 0.117 e. The quantitative estimate of drug-likeness (QED) is 0.766. The lowest BCUT2D eigenvalue weighted by molar-refractivity contribution is 0.223. The number of pyridine rings is 1. The Labute approximate surface area is 108 Å². The van der Waals surface area contributed by atoms with E-state index < -0.39 is 6.10 Å². The molecule has 0 bridgehead atoms. The van der Waals surface area contributed by atoms with Crippen molar-refractivity contribution in [1.29, 1.82) is 0 Å². The Bertz CT molecular complexity index is 695. The predicted octanol–water partition coefficient (Wildman–Crippen LogP) is 2.48. The Morgan fingerprint density at radius 2 is 2.17 bits per heavy atom. The Balaban J connectivity index is 2.07. The molecule has 0 radical (unpaired) electrons. The molecule has 1 unspecified atom stereocenters. The summed E-state index contributed by atoms with van der Waals surface area (Å²) in [5, 5.41) is 15.3. The lowest BCUT2D eigenvalue weighted by Crippen LogP contribution is -1.99. The molecule has 1 aromatic carbocycles. The average Bonchev–Trinajstić information content (AvgIpc) is 2.83. The summed E-state index contributed by atoms with van der Waals surface area (Å²) in [6.45, 7) is 1.85. The van der Waals surface area contributed by atoms with E-state index in [1.54, 1.807) is 6.20 Å². The molecule has 4 nitrogen and oxygen atoms in total. The van der Waals surface area contributed by atoms with E-state index in [0.29, 0.717) is 0 Å². The van der Waals surface area contributed by atoms with Gasteiger partial charge in [-0.1, -0.05) is 16.6 Å². The molecule has 0 saturated heterocycles. The first-order valence-electron chi connectivity index (χ1n) is 5.57. The Morgan fingerprint density at radius 1 is 1.28 bits per heavy atom. The molecule has 1 atom stereocenters. The van der Waals surface area contributed by atoms with Gasteiger partial charge in [-0.15, -0.1) is 5.10 Å². The van der Waals surface area contributed by atoms with Crippen molar-refractivity contribution in [3.05, 3.63) is 52.7 Å². The topological polar surface area (TPSA) is 58.9 Å². The molecule has 0 saturated carbocycles. The fourth-order valence-electron chi connectivity index (χ4n) is 1.90. The number of benzene rings is 1. The third kappa shape index (κ3) is 1.87. The highest BCUT2D eigenvalue weighted by molar-refractivity contribution is 7.05. The third-order valence-electron chi connectivity index (χ3n) is 2.88. The monoisotopic (exact) mass is 257 g/mol. The minimum absolute atomic E-state index is 0.672. The molecule has 3 rings (SSSR count). The summed E-state index contributed by atoms with van der Waals surface area (Å²) in [7, 11) is 0. The van der Waals surface area contributed by atoms with Gasteiger partial charge in [-0.25, -0.2) is 0 Å². The van der Waals surface area contributed by atoms with Crippen molar-refractivity contribution in [2.75, 3.05) is 0 Å². The zero-order chi connectivity index (χ0) is 12.5. The van der Waals surface area contributed by atoms with Crippen LogP contribution in [0.1, 0.15) is 22.2 Å². The fraction of sp³-hybridized carbons (Fsp3) is 0.154. The maximum absolute atomic E-state index is 10.3. The number of hydrogen-bond acceptors (Lipinski definition) is 5. The van der Waals surface area contributed by atoms with E-state index >= 15 is 0 Å². The van der Waals surface area contributed by atoms with E-state index in [2.05, 4.69) is 14.6 Å². The van der Waals surface area contributed by atoms with Crippen LogP contribution in [-0.4, -0.2) is 19.7 Å². The number of fused-ring (bicyclic) bond motifs is 1. The Morgan fingerprint density at radius 3 is 2.94 bits per heavy atom. The highest BCUT2D eigenvalue weighted by Gasteiger charge is 2.16. The van der Waals surface area contributed by atoms with Crippen LogP contribution in [0, 0.1) is 6.92 Å². The van der Waals surface area contributed by atoms with Gasteiger partial charge in [0, 0.05) is 11.6 Å². The lowest BCUT2D eigenvalue weighted by atomic mass is 10.0. The van der Waals surface area contributed by atoms with Gasteiger partial charge in [0.15, 0.2) is 0 Å². The van der Waals surface area contributed by atoms with Crippen LogP contribution in [0.25, 0.3) is 10.9 Å². The van der Waals surface area contributed by atoms with Crippen LogP contribution >= 0.6 is 11.5 Å². The van der Waals surface area contributed by atoms with Crippen molar-refractivity contribution >= 4 is 22.4 Å². The standard InChI is InChI=1S/C13H11N3OS/c1-8-13(18-16-15-8)12(17)10-4-5-11-9(7-10)3-2-6-14-11/h2-7,12,17H,1H3.